The molecule has 3 rings (SSSR count). The molecule has 3 aromatic rings. The first-order chi connectivity index (χ1) is 12.2. The normalized spacial score (nSPS) is 10.1. The molecule has 0 aliphatic heterocycles. The standard InChI is InChI=1S/C21H19NO3/c1-24-19-11-7-17(8-12-19)21(23)22-18-9-13-20(14-10-18)25-15-16-5-3-2-4-6-16/h2-14H,15H2,1H3,(H,22,23). The molecule has 0 aliphatic carbocycles. The summed E-state index contributed by atoms with van der Waals surface area (Å²) in [5.74, 6) is 1.31. The number of hydrogen-bond donors (Lipinski definition) is 1. The summed E-state index contributed by atoms with van der Waals surface area (Å²) in [6, 6.07) is 24.3. The Morgan fingerprint density at radius 1 is 0.840 bits per heavy atom. The SMILES string of the molecule is COc1ccc(C(=O)Nc2ccc(OCc3ccccc3)cc2)cc1. The van der Waals surface area contributed by atoms with Crippen molar-refractivity contribution in [3.63, 3.8) is 0 Å². The minimum atomic E-state index is -0.166. The first kappa shape index (κ1) is 16.6. The summed E-state index contributed by atoms with van der Waals surface area (Å²) in [6.45, 7) is 0.512. The third-order valence-corrected chi connectivity index (χ3v) is 3.71. The lowest BCUT2D eigenvalue weighted by Gasteiger charge is -2.09. The molecule has 0 saturated carbocycles. The Morgan fingerprint density at radius 2 is 1.48 bits per heavy atom. The van der Waals surface area contributed by atoms with Gasteiger partial charge < -0.3 is 14.8 Å². The molecule has 0 radical (unpaired) electrons. The van der Waals surface area contributed by atoms with Crippen molar-refractivity contribution in [2.24, 2.45) is 0 Å². The lowest BCUT2D eigenvalue weighted by molar-refractivity contribution is 0.102. The Balaban J connectivity index is 1.57. The van der Waals surface area contributed by atoms with E-state index in [4.69, 9.17) is 9.47 Å². The van der Waals surface area contributed by atoms with Crippen molar-refractivity contribution in [1.82, 2.24) is 0 Å². The second kappa shape index (κ2) is 8.02. The molecular formula is C21H19NO3. The van der Waals surface area contributed by atoms with Gasteiger partial charge in [-0.2, -0.15) is 0 Å². The maximum absolute atomic E-state index is 12.2. The van der Waals surface area contributed by atoms with Crippen LogP contribution >= 0.6 is 0 Å². The third-order valence-electron chi connectivity index (χ3n) is 3.71. The zero-order valence-electron chi connectivity index (χ0n) is 13.9. The van der Waals surface area contributed by atoms with Gasteiger partial charge >= 0.3 is 0 Å². The van der Waals surface area contributed by atoms with Crippen LogP contribution in [-0.2, 0) is 6.61 Å². The van der Waals surface area contributed by atoms with Crippen LogP contribution in [0.15, 0.2) is 78.9 Å². The van der Waals surface area contributed by atoms with Crippen LogP contribution in [0, 0.1) is 0 Å². The van der Waals surface area contributed by atoms with Crippen LogP contribution in [0.5, 0.6) is 11.5 Å². The molecule has 0 aliphatic rings. The average Bonchev–Trinajstić information content (AvgIpc) is 2.68. The van der Waals surface area contributed by atoms with Gasteiger partial charge in [-0.25, -0.2) is 0 Å². The number of carbonyl (C=O) groups excluding carboxylic acids is 1. The molecule has 4 heteroatoms. The summed E-state index contributed by atoms with van der Waals surface area (Å²) in [6.07, 6.45) is 0. The zero-order chi connectivity index (χ0) is 17.5. The van der Waals surface area contributed by atoms with Gasteiger partial charge in [0.25, 0.3) is 5.91 Å². The summed E-state index contributed by atoms with van der Waals surface area (Å²) in [5.41, 5.74) is 2.40. The largest absolute Gasteiger partial charge is 0.497 e. The second-order valence-corrected chi connectivity index (χ2v) is 5.48. The van der Waals surface area contributed by atoms with Crippen LogP contribution in [0.4, 0.5) is 5.69 Å². The lowest BCUT2D eigenvalue weighted by Crippen LogP contribution is -2.11. The van der Waals surface area contributed by atoms with Gasteiger partial charge in [-0.05, 0) is 54.1 Å². The molecule has 4 nitrogen and oxygen atoms in total. The molecule has 0 unspecified atom stereocenters. The molecule has 0 atom stereocenters. The maximum Gasteiger partial charge on any atom is 0.255 e. The van der Waals surface area contributed by atoms with Crippen molar-refractivity contribution in [3.8, 4) is 11.5 Å². The number of rotatable bonds is 6. The Bertz CT molecular complexity index is 812. The van der Waals surface area contributed by atoms with Gasteiger partial charge in [0.1, 0.15) is 18.1 Å². The van der Waals surface area contributed by atoms with Crippen LogP contribution in [-0.4, -0.2) is 13.0 Å². The van der Waals surface area contributed by atoms with Gasteiger partial charge in [-0.3, -0.25) is 4.79 Å². The van der Waals surface area contributed by atoms with E-state index in [1.807, 2.05) is 54.6 Å². The zero-order valence-corrected chi connectivity index (χ0v) is 13.9. The molecule has 0 saturated heterocycles. The van der Waals surface area contributed by atoms with Crippen molar-refractivity contribution >= 4 is 11.6 Å². The minimum Gasteiger partial charge on any atom is -0.497 e. The summed E-state index contributed by atoms with van der Waals surface area (Å²) >= 11 is 0. The van der Waals surface area contributed by atoms with E-state index >= 15 is 0 Å². The Hall–Kier alpha value is -3.27. The topological polar surface area (TPSA) is 47.6 Å². The first-order valence-electron chi connectivity index (χ1n) is 7.97. The van der Waals surface area contributed by atoms with Gasteiger partial charge in [0, 0.05) is 11.3 Å². The van der Waals surface area contributed by atoms with E-state index in [0.717, 1.165) is 17.1 Å². The number of anilines is 1. The summed E-state index contributed by atoms with van der Waals surface area (Å²) in [5, 5.41) is 2.86. The molecule has 1 amide bonds. The quantitative estimate of drug-likeness (QED) is 0.721. The smallest absolute Gasteiger partial charge is 0.255 e. The van der Waals surface area contributed by atoms with Crippen molar-refractivity contribution in [1.29, 1.82) is 0 Å². The van der Waals surface area contributed by atoms with Crippen LogP contribution in [0.3, 0.4) is 0 Å². The maximum atomic E-state index is 12.2. The molecule has 0 aromatic heterocycles. The van der Waals surface area contributed by atoms with E-state index in [2.05, 4.69) is 5.32 Å². The van der Waals surface area contributed by atoms with Crippen molar-refractivity contribution in [3.05, 3.63) is 90.0 Å². The van der Waals surface area contributed by atoms with E-state index in [0.29, 0.717) is 17.9 Å². The minimum absolute atomic E-state index is 0.166. The number of methoxy groups -OCH3 is 1. The van der Waals surface area contributed by atoms with Gasteiger partial charge in [0.05, 0.1) is 7.11 Å². The van der Waals surface area contributed by atoms with E-state index in [9.17, 15) is 4.79 Å². The molecule has 0 heterocycles. The predicted octanol–water partition coefficient (Wildman–Crippen LogP) is 4.53. The highest BCUT2D eigenvalue weighted by atomic mass is 16.5. The van der Waals surface area contributed by atoms with Crippen molar-refractivity contribution in [2.75, 3.05) is 12.4 Å². The Morgan fingerprint density at radius 3 is 2.12 bits per heavy atom. The van der Waals surface area contributed by atoms with Crippen LogP contribution in [0.1, 0.15) is 15.9 Å². The fourth-order valence-electron chi connectivity index (χ4n) is 2.32. The van der Waals surface area contributed by atoms with E-state index < -0.39 is 0 Å². The molecule has 0 spiro atoms. The molecule has 0 bridgehead atoms. The van der Waals surface area contributed by atoms with Gasteiger partial charge in [-0.15, -0.1) is 0 Å². The number of amides is 1. The van der Waals surface area contributed by atoms with Crippen molar-refractivity contribution in [2.45, 2.75) is 6.61 Å². The van der Waals surface area contributed by atoms with E-state index in [-0.39, 0.29) is 5.91 Å². The van der Waals surface area contributed by atoms with Gasteiger partial charge in [-0.1, -0.05) is 30.3 Å². The molecule has 25 heavy (non-hydrogen) atoms. The highest BCUT2D eigenvalue weighted by Crippen LogP contribution is 2.18. The van der Waals surface area contributed by atoms with Crippen LogP contribution in [0.25, 0.3) is 0 Å². The Kier molecular flexibility index (Phi) is 5.32. The molecule has 1 N–H and O–H groups in total. The number of nitrogens with one attached hydrogen (secondary N) is 1. The van der Waals surface area contributed by atoms with Crippen LogP contribution in [0.2, 0.25) is 0 Å². The fourth-order valence-corrected chi connectivity index (χ4v) is 2.32. The predicted molar refractivity (Wildman–Crippen MR) is 98.2 cm³/mol. The summed E-state index contributed by atoms with van der Waals surface area (Å²) in [7, 11) is 1.59. The monoisotopic (exact) mass is 333 g/mol. The number of ether oxygens (including phenoxy) is 2. The first-order valence-corrected chi connectivity index (χ1v) is 7.97. The van der Waals surface area contributed by atoms with Gasteiger partial charge in [0.2, 0.25) is 0 Å². The van der Waals surface area contributed by atoms with Crippen LogP contribution < -0.4 is 14.8 Å². The molecule has 0 fully saturated rings. The lowest BCUT2D eigenvalue weighted by atomic mass is 10.2. The molecular weight excluding hydrogens is 314 g/mol. The second-order valence-electron chi connectivity index (χ2n) is 5.48. The average molecular weight is 333 g/mol. The summed E-state index contributed by atoms with van der Waals surface area (Å²) in [4.78, 5) is 12.2. The van der Waals surface area contributed by atoms with Crippen molar-refractivity contribution < 1.29 is 14.3 Å². The molecule has 126 valence electrons. The number of carbonyl (C=O) groups is 1. The molecule has 3 aromatic carbocycles. The van der Waals surface area contributed by atoms with Gasteiger partial charge in [0.15, 0.2) is 0 Å². The highest BCUT2D eigenvalue weighted by Gasteiger charge is 2.06. The fraction of sp³-hybridized carbons (Fsp3) is 0.0952. The number of benzene rings is 3. The third kappa shape index (κ3) is 4.61. The van der Waals surface area contributed by atoms with E-state index in [1.165, 1.54) is 0 Å². The Labute approximate surface area is 147 Å². The number of hydrogen-bond acceptors (Lipinski definition) is 3. The summed E-state index contributed by atoms with van der Waals surface area (Å²) < 4.78 is 10.8. The van der Waals surface area contributed by atoms with E-state index in [1.54, 1.807) is 31.4 Å². The highest BCUT2D eigenvalue weighted by molar-refractivity contribution is 6.04.